The third kappa shape index (κ3) is 1.57. The van der Waals surface area contributed by atoms with Crippen LogP contribution in [0.4, 0.5) is 0 Å². The highest BCUT2D eigenvalue weighted by Gasteiger charge is 1.88. The first-order valence-electron chi connectivity index (χ1n) is 2.30. The quantitative estimate of drug-likeness (QED) is 0.401. The van der Waals surface area contributed by atoms with Crippen molar-refractivity contribution in [2.24, 2.45) is 0 Å². The molecule has 0 aromatic rings. The lowest BCUT2D eigenvalue weighted by Gasteiger charge is -1.86. The Bertz CT molecular complexity index is 156. The molecule has 0 saturated heterocycles. The van der Waals surface area contributed by atoms with E-state index in [-0.39, 0.29) is 0 Å². The van der Waals surface area contributed by atoms with E-state index in [1.54, 1.807) is 0 Å². The minimum Gasteiger partial charge on any atom is -0.307 e. The van der Waals surface area contributed by atoms with Gasteiger partial charge in [0.25, 0.3) is 0 Å². The first-order chi connectivity index (χ1) is 3.72. The van der Waals surface area contributed by atoms with E-state index >= 15 is 0 Å². The SMILES string of the molecule is CC(C)=C(C#N)C=N. The van der Waals surface area contributed by atoms with Crippen molar-refractivity contribution >= 4 is 6.21 Å². The highest BCUT2D eigenvalue weighted by molar-refractivity contribution is 5.82. The monoisotopic (exact) mass is 108 g/mol. The normalized spacial score (nSPS) is 7.12. The van der Waals surface area contributed by atoms with Crippen molar-refractivity contribution in [1.82, 2.24) is 0 Å². The second-order valence-electron chi connectivity index (χ2n) is 1.67. The molecule has 0 radical (unpaired) electrons. The molecule has 1 N–H and O–H groups in total. The molecule has 0 saturated carbocycles. The number of nitriles is 1. The molecule has 0 aliphatic heterocycles. The van der Waals surface area contributed by atoms with Gasteiger partial charge in [-0.05, 0) is 13.8 Å². The van der Waals surface area contributed by atoms with Gasteiger partial charge < -0.3 is 5.41 Å². The second kappa shape index (κ2) is 2.98. The molecule has 8 heavy (non-hydrogen) atoms. The van der Waals surface area contributed by atoms with Crippen molar-refractivity contribution in [3.05, 3.63) is 11.1 Å². The Morgan fingerprint density at radius 3 is 2.12 bits per heavy atom. The Morgan fingerprint density at radius 2 is 2.12 bits per heavy atom. The minimum absolute atomic E-state index is 0.449. The van der Waals surface area contributed by atoms with E-state index in [1.807, 2.05) is 19.9 Å². The molecular weight excluding hydrogens is 100 g/mol. The van der Waals surface area contributed by atoms with E-state index in [1.165, 1.54) is 0 Å². The lowest BCUT2D eigenvalue weighted by Crippen LogP contribution is -1.80. The summed E-state index contributed by atoms with van der Waals surface area (Å²) in [6.45, 7) is 3.62. The Hall–Kier alpha value is -1.10. The molecule has 0 aromatic carbocycles. The van der Waals surface area contributed by atoms with Crippen LogP contribution < -0.4 is 0 Å². The third-order valence-electron chi connectivity index (χ3n) is 0.803. The molecule has 0 aliphatic carbocycles. The molecule has 0 bridgehead atoms. The summed E-state index contributed by atoms with van der Waals surface area (Å²) in [7, 11) is 0. The zero-order chi connectivity index (χ0) is 6.57. The van der Waals surface area contributed by atoms with Gasteiger partial charge in [-0.2, -0.15) is 5.26 Å². The van der Waals surface area contributed by atoms with Gasteiger partial charge in [0.1, 0.15) is 6.07 Å². The van der Waals surface area contributed by atoms with Gasteiger partial charge in [-0.25, -0.2) is 0 Å². The fourth-order valence-electron chi connectivity index (χ4n) is 0.288. The maximum atomic E-state index is 8.24. The van der Waals surface area contributed by atoms with Crippen LogP contribution in [-0.2, 0) is 0 Å². The molecule has 0 rings (SSSR count). The van der Waals surface area contributed by atoms with Gasteiger partial charge in [-0.1, -0.05) is 5.57 Å². The average Bonchev–Trinajstić information content (AvgIpc) is 1.69. The molecule has 2 heteroatoms. The number of hydrogen-bond acceptors (Lipinski definition) is 2. The zero-order valence-electron chi connectivity index (χ0n) is 5.02. The lowest BCUT2D eigenvalue weighted by atomic mass is 10.2. The third-order valence-corrected chi connectivity index (χ3v) is 0.803. The molecule has 2 nitrogen and oxygen atoms in total. The zero-order valence-corrected chi connectivity index (χ0v) is 5.02. The Morgan fingerprint density at radius 1 is 1.62 bits per heavy atom. The summed E-state index contributed by atoms with van der Waals surface area (Å²) >= 11 is 0. The molecule has 0 unspecified atom stereocenters. The van der Waals surface area contributed by atoms with E-state index < -0.39 is 0 Å². The largest absolute Gasteiger partial charge is 0.307 e. The summed E-state index contributed by atoms with van der Waals surface area (Å²) in [6.07, 6.45) is 1.06. The highest BCUT2D eigenvalue weighted by atomic mass is 14.3. The van der Waals surface area contributed by atoms with Gasteiger partial charge in [0.15, 0.2) is 0 Å². The summed E-state index contributed by atoms with van der Waals surface area (Å²) < 4.78 is 0. The molecule has 0 aliphatic rings. The van der Waals surface area contributed by atoms with Crippen molar-refractivity contribution < 1.29 is 0 Å². The van der Waals surface area contributed by atoms with Crippen molar-refractivity contribution in [3.8, 4) is 6.07 Å². The number of rotatable bonds is 1. The summed E-state index contributed by atoms with van der Waals surface area (Å²) in [5, 5.41) is 14.9. The summed E-state index contributed by atoms with van der Waals surface area (Å²) in [4.78, 5) is 0. The maximum absolute atomic E-state index is 8.24. The van der Waals surface area contributed by atoms with E-state index in [9.17, 15) is 0 Å². The molecule has 0 fully saturated rings. The predicted molar refractivity (Wildman–Crippen MR) is 32.8 cm³/mol. The van der Waals surface area contributed by atoms with Crippen LogP contribution in [0, 0.1) is 16.7 Å². The van der Waals surface area contributed by atoms with Gasteiger partial charge in [0.2, 0.25) is 0 Å². The first kappa shape index (κ1) is 6.90. The smallest absolute Gasteiger partial charge is 0.101 e. The number of nitrogens with zero attached hydrogens (tertiary/aromatic N) is 1. The van der Waals surface area contributed by atoms with Crippen LogP contribution in [0.3, 0.4) is 0 Å². The number of allylic oxidation sites excluding steroid dienone is 2. The number of nitrogens with one attached hydrogen (secondary N) is 1. The van der Waals surface area contributed by atoms with Crippen LogP contribution >= 0.6 is 0 Å². The van der Waals surface area contributed by atoms with Crippen LogP contribution in [0.25, 0.3) is 0 Å². The van der Waals surface area contributed by atoms with Crippen LogP contribution in [0.5, 0.6) is 0 Å². The predicted octanol–water partition coefficient (Wildman–Crippen LogP) is 1.50. The summed E-state index contributed by atoms with van der Waals surface area (Å²) in [5.41, 5.74) is 1.34. The van der Waals surface area contributed by atoms with E-state index in [0.717, 1.165) is 11.8 Å². The molecule has 0 spiro atoms. The standard InChI is InChI=1S/C6H8N2/c1-5(2)6(3-7)4-8/h3,7H,1-2H3. The van der Waals surface area contributed by atoms with E-state index in [4.69, 9.17) is 10.7 Å². The van der Waals surface area contributed by atoms with Gasteiger partial charge in [-0.3, -0.25) is 0 Å². The number of hydrogen-bond donors (Lipinski definition) is 1. The van der Waals surface area contributed by atoms with Gasteiger partial charge >= 0.3 is 0 Å². The Labute approximate surface area is 49.0 Å². The molecule has 0 amide bonds. The van der Waals surface area contributed by atoms with Crippen LogP contribution in [-0.4, -0.2) is 6.21 Å². The summed E-state index contributed by atoms with van der Waals surface area (Å²) in [5.74, 6) is 0. The van der Waals surface area contributed by atoms with E-state index in [0.29, 0.717) is 5.57 Å². The van der Waals surface area contributed by atoms with Gasteiger partial charge in [0, 0.05) is 6.21 Å². The molecule has 0 atom stereocenters. The Kier molecular flexibility index (Phi) is 2.57. The topological polar surface area (TPSA) is 47.6 Å². The Balaban J connectivity index is 4.38. The van der Waals surface area contributed by atoms with Crippen LogP contribution in [0.2, 0.25) is 0 Å². The fraction of sp³-hybridized carbons (Fsp3) is 0.333. The van der Waals surface area contributed by atoms with Crippen molar-refractivity contribution in [2.75, 3.05) is 0 Å². The maximum Gasteiger partial charge on any atom is 0.101 e. The minimum atomic E-state index is 0.449. The molecule has 0 heterocycles. The van der Waals surface area contributed by atoms with Gasteiger partial charge in [-0.15, -0.1) is 0 Å². The van der Waals surface area contributed by atoms with E-state index in [2.05, 4.69) is 0 Å². The molecular formula is C6H8N2. The van der Waals surface area contributed by atoms with Crippen LogP contribution in [0.1, 0.15) is 13.8 Å². The van der Waals surface area contributed by atoms with Crippen molar-refractivity contribution in [2.45, 2.75) is 13.8 Å². The molecule has 0 aromatic heterocycles. The molecule has 42 valence electrons. The first-order valence-corrected chi connectivity index (χ1v) is 2.30. The second-order valence-corrected chi connectivity index (χ2v) is 1.67. The van der Waals surface area contributed by atoms with Crippen molar-refractivity contribution in [1.29, 1.82) is 10.7 Å². The highest BCUT2D eigenvalue weighted by Crippen LogP contribution is 1.95. The van der Waals surface area contributed by atoms with Gasteiger partial charge in [0.05, 0.1) is 5.57 Å². The fourth-order valence-corrected chi connectivity index (χ4v) is 0.288. The van der Waals surface area contributed by atoms with Crippen LogP contribution in [0.15, 0.2) is 11.1 Å². The van der Waals surface area contributed by atoms with Crippen molar-refractivity contribution in [3.63, 3.8) is 0 Å². The lowest BCUT2D eigenvalue weighted by molar-refractivity contribution is 1.35. The summed E-state index contributed by atoms with van der Waals surface area (Å²) in [6, 6.07) is 1.89. The average molecular weight is 108 g/mol.